The van der Waals surface area contributed by atoms with Crippen molar-refractivity contribution >= 4 is 23.7 Å². The normalized spacial score (nSPS) is 29.3. The SMILES string of the molecule is CC1(C)[C@@H]2CC[C@]1(C)C(OC(=O)CSC#N)C2.CCCCC(=O)O. The fourth-order valence-corrected chi connectivity index (χ4v) is 4.17. The number of nitriles is 1. The van der Waals surface area contributed by atoms with Crippen LogP contribution in [0.2, 0.25) is 0 Å². The van der Waals surface area contributed by atoms with Gasteiger partial charge >= 0.3 is 11.9 Å². The summed E-state index contributed by atoms with van der Waals surface area (Å²) in [7, 11) is 0. The quantitative estimate of drug-likeness (QED) is 0.567. The van der Waals surface area contributed by atoms with E-state index >= 15 is 0 Å². The van der Waals surface area contributed by atoms with Gasteiger partial charge in [0.1, 0.15) is 17.3 Å². The number of nitrogens with zero attached hydrogens (tertiary/aromatic N) is 1. The first-order valence-corrected chi connectivity index (χ1v) is 9.59. The van der Waals surface area contributed by atoms with Gasteiger partial charge in [-0.05, 0) is 48.8 Å². The number of hydrogen-bond donors (Lipinski definition) is 1. The highest BCUT2D eigenvalue weighted by molar-refractivity contribution is 8.04. The molecule has 2 bridgehead atoms. The summed E-state index contributed by atoms with van der Waals surface area (Å²) in [5.41, 5.74) is 0.380. The van der Waals surface area contributed by atoms with Crippen LogP contribution in [-0.4, -0.2) is 28.9 Å². The Morgan fingerprint density at radius 1 is 1.38 bits per heavy atom. The fourth-order valence-electron chi connectivity index (χ4n) is 3.92. The number of carbonyl (C=O) groups is 2. The molecule has 6 heteroatoms. The van der Waals surface area contributed by atoms with Gasteiger partial charge in [-0.1, -0.05) is 34.1 Å². The molecule has 1 N–H and O–H groups in total. The maximum atomic E-state index is 11.6. The van der Waals surface area contributed by atoms with Gasteiger partial charge in [0, 0.05) is 11.8 Å². The third-order valence-electron chi connectivity index (χ3n) is 5.99. The minimum Gasteiger partial charge on any atom is -0.481 e. The molecular formula is C18H29NO4S. The lowest BCUT2D eigenvalue weighted by Crippen LogP contribution is -2.38. The molecule has 1 unspecified atom stereocenters. The van der Waals surface area contributed by atoms with Crippen LogP contribution in [0.25, 0.3) is 0 Å². The summed E-state index contributed by atoms with van der Waals surface area (Å²) in [5, 5.41) is 18.4. The number of thioether (sulfide) groups is 1. The van der Waals surface area contributed by atoms with Crippen LogP contribution in [0.15, 0.2) is 0 Å². The summed E-state index contributed by atoms with van der Waals surface area (Å²) in [6.45, 7) is 8.81. The highest BCUT2D eigenvalue weighted by atomic mass is 32.2. The third kappa shape index (κ3) is 4.66. The molecule has 0 aromatic heterocycles. The molecule has 2 fully saturated rings. The second kappa shape index (κ2) is 8.75. The first-order valence-electron chi connectivity index (χ1n) is 8.61. The molecule has 2 saturated carbocycles. The maximum Gasteiger partial charge on any atom is 0.317 e. The summed E-state index contributed by atoms with van der Waals surface area (Å²) in [6.07, 6.45) is 5.52. The van der Waals surface area contributed by atoms with Crippen molar-refractivity contribution < 1.29 is 19.4 Å². The summed E-state index contributed by atoms with van der Waals surface area (Å²) < 4.78 is 5.58. The van der Waals surface area contributed by atoms with Gasteiger partial charge in [-0.2, -0.15) is 5.26 Å². The first kappa shape index (κ1) is 20.8. The van der Waals surface area contributed by atoms with E-state index in [1.165, 1.54) is 6.42 Å². The van der Waals surface area contributed by atoms with Crippen molar-refractivity contribution in [3.63, 3.8) is 0 Å². The summed E-state index contributed by atoms with van der Waals surface area (Å²) in [5.74, 6) is -0.115. The van der Waals surface area contributed by atoms with Crippen LogP contribution in [0, 0.1) is 27.4 Å². The lowest BCUT2D eigenvalue weighted by molar-refractivity contribution is -0.153. The molecule has 0 amide bonds. The Kier molecular flexibility index (Phi) is 7.59. The Balaban J connectivity index is 0.000000351. The van der Waals surface area contributed by atoms with Crippen molar-refractivity contribution in [2.45, 2.75) is 72.3 Å². The third-order valence-corrected chi connectivity index (χ3v) is 6.50. The molecule has 136 valence electrons. The van der Waals surface area contributed by atoms with Crippen LogP contribution in [0.5, 0.6) is 0 Å². The minimum atomic E-state index is -0.693. The van der Waals surface area contributed by atoms with Crippen LogP contribution in [0.3, 0.4) is 0 Å². The highest BCUT2D eigenvalue weighted by Crippen LogP contribution is 2.66. The van der Waals surface area contributed by atoms with Gasteiger partial charge < -0.3 is 9.84 Å². The molecule has 0 aromatic carbocycles. The van der Waals surface area contributed by atoms with E-state index in [9.17, 15) is 9.59 Å². The molecule has 2 rings (SSSR count). The van der Waals surface area contributed by atoms with E-state index in [2.05, 4.69) is 20.8 Å². The Labute approximate surface area is 149 Å². The molecule has 0 saturated heterocycles. The topological polar surface area (TPSA) is 87.4 Å². The van der Waals surface area contributed by atoms with Gasteiger partial charge in [-0.25, -0.2) is 0 Å². The number of rotatable bonds is 6. The largest absolute Gasteiger partial charge is 0.481 e. The van der Waals surface area contributed by atoms with Crippen molar-refractivity contribution in [1.82, 2.24) is 0 Å². The van der Waals surface area contributed by atoms with Gasteiger partial charge in [-0.3, -0.25) is 9.59 Å². The van der Waals surface area contributed by atoms with E-state index in [-0.39, 0.29) is 28.7 Å². The Bertz CT molecular complexity index is 500. The lowest BCUT2D eigenvalue weighted by atomic mass is 9.70. The maximum absolute atomic E-state index is 11.6. The Hall–Kier alpha value is -1.22. The number of fused-ring (bicyclic) bond motifs is 2. The molecule has 0 radical (unpaired) electrons. The second-order valence-corrected chi connectivity index (χ2v) is 8.23. The number of ether oxygens (including phenoxy) is 1. The van der Waals surface area contributed by atoms with Crippen molar-refractivity contribution in [1.29, 1.82) is 5.26 Å². The van der Waals surface area contributed by atoms with E-state index < -0.39 is 5.97 Å². The number of thiocyanates is 1. The van der Waals surface area contributed by atoms with Crippen molar-refractivity contribution in [2.75, 3.05) is 5.75 Å². The standard InChI is InChI=1S/C13H19NO2S.C5H10O2/c1-12(2)9-4-5-13(12,3)10(6-9)16-11(15)7-17-8-14;1-2-3-4-5(6)7/h9-10H,4-7H2,1-3H3;2-4H2,1H3,(H,6,7)/t9-,10?,13-;/m1./s1. The first-order chi connectivity index (χ1) is 11.2. The van der Waals surface area contributed by atoms with Gasteiger partial charge in [0.05, 0.1) is 0 Å². The number of unbranched alkanes of at least 4 members (excludes halogenated alkanes) is 1. The Morgan fingerprint density at radius 2 is 2.04 bits per heavy atom. The van der Waals surface area contributed by atoms with E-state index in [1.54, 1.807) is 0 Å². The minimum absolute atomic E-state index is 0.0445. The van der Waals surface area contributed by atoms with Crippen LogP contribution >= 0.6 is 11.8 Å². The molecule has 0 aromatic rings. The second-order valence-electron chi connectivity index (χ2n) is 7.47. The van der Waals surface area contributed by atoms with Crippen molar-refractivity contribution in [2.24, 2.45) is 16.7 Å². The molecule has 0 heterocycles. The average molecular weight is 356 g/mol. The van der Waals surface area contributed by atoms with Crippen molar-refractivity contribution in [3.05, 3.63) is 0 Å². The fraction of sp³-hybridized carbons (Fsp3) is 0.833. The number of carbonyl (C=O) groups excluding carboxylic acids is 1. The molecular weight excluding hydrogens is 326 g/mol. The zero-order valence-electron chi connectivity index (χ0n) is 15.1. The smallest absolute Gasteiger partial charge is 0.317 e. The van der Waals surface area contributed by atoms with E-state index in [0.29, 0.717) is 12.3 Å². The molecule has 2 aliphatic rings. The summed E-state index contributed by atoms with van der Waals surface area (Å²) >= 11 is 0.949. The summed E-state index contributed by atoms with van der Waals surface area (Å²) in [4.78, 5) is 21.4. The number of esters is 1. The monoisotopic (exact) mass is 355 g/mol. The van der Waals surface area contributed by atoms with E-state index in [4.69, 9.17) is 15.1 Å². The highest BCUT2D eigenvalue weighted by Gasteiger charge is 2.62. The molecule has 0 spiro atoms. The van der Waals surface area contributed by atoms with Gasteiger partial charge in [0.15, 0.2) is 0 Å². The number of aliphatic carboxylic acids is 1. The van der Waals surface area contributed by atoms with Crippen molar-refractivity contribution in [3.8, 4) is 5.40 Å². The van der Waals surface area contributed by atoms with Crippen LogP contribution in [0.4, 0.5) is 0 Å². The van der Waals surface area contributed by atoms with Gasteiger partial charge in [-0.15, -0.1) is 0 Å². The predicted molar refractivity (Wildman–Crippen MR) is 94.3 cm³/mol. The predicted octanol–water partition coefficient (Wildman–Crippen LogP) is 4.22. The lowest BCUT2D eigenvalue weighted by Gasteiger charge is -2.38. The molecule has 5 nitrogen and oxygen atoms in total. The molecule has 3 atom stereocenters. The van der Waals surface area contributed by atoms with Crippen LogP contribution in [0.1, 0.15) is 66.2 Å². The van der Waals surface area contributed by atoms with Crippen LogP contribution < -0.4 is 0 Å². The number of carboxylic acid groups (broad SMARTS) is 1. The summed E-state index contributed by atoms with van der Waals surface area (Å²) in [6, 6.07) is 0. The zero-order valence-corrected chi connectivity index (χ0v) is 15.9. The van der Waals surface area contributed by atoms with Crippen LogP contribution in [-0.2, 0) is 14.3 Å². The number of hydrogen-bond acceptors (Lipinski definition) is 5. The van der Waals surface area contributed by atoms with E-state index in [0.717, 1.165) is 37.4 Å². The Morgan fingerprint density at radius 3 is 2.42 bits per heavy atom. The van der Waals surface area contributed by atoms with Gasteiger partial charge in [0.25, 0.3) is 0 Å². The zero-order chi connectivity index (χ0) is 18.4. The molecule has 24 heavy (non-hydrogen) atoms. The van der Waals surface area contributed by atoms with E-state index in [1.807, 2.05) is 12.3 Å². The molecule has 0 aliphatic heterocycles. The number of carboxylic acids is 1. The average Bonchev–Trinajstić information content (AvgIpc) is 2.85. The molecule has 2 aliphatic carbocycles. The van der Waals surface area contributed by atoms with Gasteiger partial charge in [0.2, 0.25) is 0 Å².